The highest BCUT2D eigenvalue weighted by molar-refractivity contribution is 7.18. The molecule has 35 heavy (non-hydrogen) atoms. The van der Waals surface area contributed by atoms with E-state index >= 15 is 0 Å². The van der Waals surface area contributed by atoms with Crippen LogP contribution in [0.1, 0.15) is 20.3 Å². The lowest BCUT2D eigenvalue weighted by Gasteiger charge is -2.23. The van der Waals surface area contributed by atoms with Crippen LogP contribution in [-0.4, -0.2) is 49.5 Å². The summed E-state index contributed by atoms with van der Waals surface area (Å²) in [7, 11) is 4.65. The van der Waals surface area contributed by atoms with E-state index in [1.165, 1.54) is 25.6 Å². The number of nitrogens with zero attached hydrogens (tertiary/aromatic N) is 2. The number of amides is 3. The Hall–Kier alpha value is -3.86. The Bertz CT molecular complexity index is 1130. The van der Waals surface area contributed by atoms with Gasteiger partial charge >= 0.3 is 6.03 Å². The number of ether oxygens (including phenoxy) is 3. The fourth-order valence-corrected chi connectivity index (χ4v) is 3.95. The quantitative estimate of drug-likeness (QED) is 0.378. The molecule has 0 bridgehead atoms. The summed E-state index contributed by atoms with van der Waals surface area (Å²) in [5.74, 6) is 1.28. The maximum atomic E-state index is 13.1. The third-order valence-electron chi connectivity index (χ3n) is 5.38. The lowest BCUT2D eigenvalue weighted by atomic mass is 9.98. The van der Waals surface area contributed by atoms with Crippen LogP contribution in [0.25, 0.3) is 10.6 Å². The van der Waals surface area contributed by atoms with E-state index in [2.05, 4.69) is 26.1 Å². The zero-order valence-corrected chi connectivity index (χ0v) is 21.1. The van der Waals surface area contributed by atoms with Crippen molar-refractivity contribution in [3.05, 3.63) is 42.5 Å². The molecule has 3 N–H and O–H groups in total. The number of benzene rings is 2. The zero-order chi connectivity index (χ0) is 25.4. The number of anilines is 2. The Morgan fingerprint density at radius 3 is 2.11 bits per heavy atom. The summed E-state index contributed by atoms with van der Waals surface area (Å²) < 4.78 is 15.6. The van der Waals surface area contributed by atoms with Gasteiger partial charge in [0, 0.05) is 29.4 Å². The van der Waals surface area contributed by atoms with E-state index in [0.29, 0.717) is 33.7 Å². The Morgan fingerprint density at radius 1 is 0.914 bits per heavy atom. The molecule has 11 heteroatoms. The number of aromatic nitrogens is 2. The van der Waals surface area contributed by atoms with Gasteiger partial charge in [0.2, 0.25) is 11.0 Å². The van der Waals surface area contributed by atoms with E-state index in [0.717, 1.165) is 11.3 Å². The van der Waals surface area contributed by atoms with Crippen molar-refractivity contribution in [2.24, 2.45) is 5.92 Å². The van der Waals surface area contributed by atoms with Gasteiger partial charge in [-0.15, -0.1) is 10.2 Å². The van der Waals surface area contributed by atoms with Gasteiger partial charge in [0.05, 0.1) is 21.3 Å². The summed E-state index contributed by atoms with van der Waals surface area (Å²) >= 11 is 1.24. The Labute approximate surface area is 208 Å². The summed E-state index contributed by atoms with van der Waals surface area (Å²) in [5.41, 5.74) is 1.32. The predicted octanol–water partition coefficient (Wildman–Crippen LogP) is 4.41. The van der Waals surface area contributed by atoms with Crippen molar-refractivity contribution in [2.45, 2.75) is 26.3 Å². The first-order valence-electron chi connectivity index (χ1n) is 11.0. The summed E-state index contributed by atoms with van der Waals surface area (Å²) in [4.78, 5) is 25.8. The molecule has 3 amide bonds. The van der Waals surface area contributed by atoms with Gasteiger partial charge < -0.3 is 24.8 Å². The number of methoxy groups -OCH3 is 3. The van der Waals surface area contributed by atoms with Crippen molar-refractivity contribution in [1.82, 2.24) is 15.5 Å². The van der Waals surface area contributed by atoms with Gasteiger partial charge in [-0.1, -0.05) is 31.6 Å². The first-order chi connectivity index (χ1) is 16.9. The molecule has 3 rings (SSSR count). The van der Waals surface area contributed by atoms with E-state index in [1.54, 1.807) is 25.3 Å². The van der Waals surface area contributed by atoms with Crippen molar-refractivity contribution in [3.63, 3.8) is 0 Å². The van der Waals surface area contributed by atoms with Gasteiger partial charge in [0.15, 0.2) is 0 Å². The van der Waals surface area contributed by atoms with Crippen LogP contribution < -0.4 is 30.2 Å². The van der Waals surface area contributed by atoms with Crippen molar-refractivity contribution in [1.29, 1.82) is 0 Å². The topological polar surface area (TPSA) is 124 Å². The molecule has 3 aromatic rings. The predicted molar refractivity (Wildman–Crippen MR) is 135 cm³/mol. The molecule has 186 valence electrons. The molecule has 0 aliphatic carbocycles. The average molecular weight is 500 g/mol. The van der Waals surface area contributed by atoms with Crippen molar-refractivity contribution >= 4 is 34.1 Å². The molecule has 0 spiro atoms. The van der Waals surface area contributed by atoms with Crippen LogP contribution in [0.15, 0.2) is 42.5 Å². The second kappa shape index (κ2) is 12.0. The Morgan fingerprint density at radius 2 is 1.54 bits per heavy atom. The summed E-state index contributed by atoms with van der Waals surface area (Å²) in [6, 6.07) is 11.1. The minimum Gasteiger partial charge on any atom is -0.497 e. The molecule has 10 nitrogen and oxygen atoms in total. The van der Waals surface area contributed by atoms with Crippen LogP contribution >= 0.6 is 11.3 Å². The molecule has 2 atom stereocenters. The first kappa shape index (κ1) is 25.8. The average Bonchev–Trinajstić information content (AvgIpc) is 3.34. The van der Waals surface area contributed by atoms with E-state index in [4.69, 9.17) is 14.2 Å². The smallest absolute Gasteiger partial charge is 0.319 e. The molecule has 0 saturated heterocycles. The van der Waals surface area contributed by atoms with Gasteiger partial charge in [-0.2, -0.15) is 0 Å². The van der Waals surface area contributed by atoms with Crippen molar-refractivity contribution in [2.75, 3.05) is 32.0 Å². The molecule has 2 aromatic carbocycles. The molecular formula is C24H29N5O5S. The van der Waals surface area contributed by atoms with E-state index in [1.807, 2.05) is 38.1 Å². The van der Waals surface area contributed by atoms with Gasteiger partial charge in [-0.3, -0.25) is 10.1 Å². The third-order valence-corrected chi connectivity index (χ3v) is 6.27. The number of carbonyl (C=O) groups is 2. The monoisotopic (exact) mass is 499 g/mol. The van der Waals surface area contributed by atoms with Crippen LogP contribution in [0, 0.1) is 5.92 Å². The number of carbonyl (C=O) groups excluding carboxylic acids is 2. The summed E-state index contributed by atoms with van der Waals surface area (Å²) in [6.45, 7) is 3.84. The number of nitrogens with one attached hydrogen (secondary N) is 3. The van der Waals surface area contributed by atoms with Crippen LogP contribution in [0.5, 0.6) is 17.2 Å². The zero-order valence-electron chi connectivity index (χ0n) is 20.2. The number of hydrogen-bond donors (Lipinski definition) is 3. The minimum atomic E-state index is -0.791. The van der Waals surface area contributed by atoms with Gasteiger partial charge in [-0.05, 0) is 30.2 Å². The number of urea groups is 1. The van der Waals surface area contributed by atoms with E-state index < -0.39 is 12.1 Å². The standard InChI is InChI=1S/C24H29N5O5S/c1-6-14(2)20(26-23(31)25-16-11-18(33-4)13-19(12-16)34-5)21(30)27-24-29-28-22(35-24)15-7-9-17(32-3)10-8-15/h7-14,20H,6H2,1-5H3,(H2,25,26,31)(H,27,29,30)/t14-,20+/m1/s1. The highest BCUT2D eigenvalue weighted by atomic mass is 32.1. The van der Waals surface area contributed by atoms with E-state index in [-0.39, 0.29) is 11.8 Å². The molecule has 0 aliphatic heterocycles. The fourth-order valence-electron chi connectivity index (χ4n) is 3.20. The normalized spacial score (nSPS) is 12.3. The second-order valence-corrected chi connectivity index (χ2v) is 8.67. The molecular weight excluding hydrogens is 470 g/mol. The van der Waals surface area contributed by atoms with Crippen LogP contribution in [0.2, 0.25) is 0 Å². The maximum absolute atomic E-state index is 13.1. The Balaban J connectivity index is 1.68. The molecule has 0 saturated carbocycles. The molecule has 0 fully saturated rings. The van der Waals surface area contributed by atoms with E-state index in [9.17, 15) is 9.59 Å². The number of hydrogen-bond acceptors (Lipinski definition) is 8. The largest absolute Gasteiger partial charge is 0.497 e. The lowest BCUT2D eigenvalue weighted by molar-refractivity contribution is -0.119. The van der Waals surface area contributed by atoms with Crippen LogP contribution in [0.4, 0.5) is 15.6 Å². The van der Waals surface area contributed by atoms with Gasteiger partial charge in [-0.25, -0.2) is 4.79 Å². The summed E-state index contributed by atoms with van der Waals surface area (Å²) in [6.07, 6.45) is 0.679. The second-order valence-electron chi connectivity index (χ2n) is 7.69. The van der Waals surface area contributed by atoms with Gasteiger partial charge in [0.25, 0.3) is 0 Å². The SMILES string of the molecule is CC[C@@H](C)[C@H](NC(=O)Nc1cc(OC)cc(OC)c1)C(=O)Nc1nnc(-c2ccc(OC)cc2)s1. The molecule has 0 radical (unpaired) electrons. The molecule has 1 heterocycles. The fraction of sp³-hybridized carbons (Fsp3) is 0.333. The van der Waals surface area contributed by atoms with Crippen molar-refractivity contribution < 1.29 is 23.8 Å². The molecule has 0 unspecified atom stereocenters. The maximum Gasteiger partial charge on any atom is 0.319 e. The minimum absolute atomic E-state index is 0.130. The first-order valence-corrected chi connectivity index (χ1v) is 11.8. The van der Waals surface area contributed by atoms with Crippen molar-refractivity contribution in [3.8, 4) is 27.8 Å². The molecule has 1 aromatic heterocycles. The summed E-state index contributed by atoms with van der Waals surface area (Å²) in [5, 5.41) is 17.5. The van der Waals surface area contributed by atoms with Crippen LogP contribution in [-0.2, 0) is 4.79 Å². The van der Waals surface area contributed by atoms with Gasteiger partial charge in [0.1, 0.15) is 28.3 Å². The lowest BCUT2D eigenvalue weighted by Crippen LogP contribution is -2.49. The highest BCUT2D eigenvalue weighted by Gasteiger charge is 2.27. The Kier molecular flexibility index (Phi) is 8.85. The van der Waals surface area contributed by atoms with Crippen LogP contribution in [0.3, 0.4) is 0 Å². The number of rotatable bonds is 10. The highest BCUT2D eigenvalue weighted by Crippen LogP contribution is 2.28. The third kappa shape index (κ3) is 6.82. The molecule has 0 aliphatic rings.